The van der Waals surface area contributed by atoms with Crippen LogP contribution < -0.4 is 11.5 Å². The maximum Gasteiger partial charge on any atom is 0.342 e. The summed E-state index contributed by atoms with van der Waals surface area (Å²) in [7, 11) is 0. The average molecular weight is 313 g/mol. The molecule has 4 N–H and O–H groups in total. The molecule has 0 bridgehead atoms. The van der Waals surface area contributed by atoms with Crippen molar-refractivity contribution in [2.24, 2.45) is 0 Å². The molecular formula is C18H23N3O2. The van der Waals surface area contributed by atoms with Gasteiger partial charge in [-0.25, -0.2) is 9.78 Å². The first kappa shape index (κ1) is 15.6. The van der Waals surface area contributed by atoms with Crippen LogP contribution in [-0.4, -0.2) is 17.6 Å². The molecule has 1 aliphatic carbocycles. The molecule has 5 nitrogen and oxygen atoms in total. The maximum atomic E-state index is 12.5. The molecule has 1 aromatic heterocycles. The highest BCUT2D eigenvalue weighted by Crippen LogP contribution is 2.40. The van der Waals surface area contributed by atoms with Crippen molar-refractivity contribution in [1.82, 2.24) is 4.98 Å². The quantitative estimate of drug-likeness (QED) is 0.667. The normalized spacial score (nSPS) is 15.7. The third-order valence-electron chi connectivity index (χ3n) is 4.61. The molecular weight excluding hydrogens is 290 g/mol. The molecule has 0 unspecified atom stereocenters. The number of carbonyl (C=O) groups excluding carboxylic acids is 1. The topological polar surface area (TPSA) is 91.2 Å². The van der Waals surface area contributed by atoms with Crippen molar-refractivity contribution in [3.8, 4) is 0 Å². The van der Waals surface area contributed by atoms with Gasteiger partial charge in [0.25, 0.3) is 0 Å². The Bertz CT molecular complexity index is 737. The van der Waals surface area contributed by atoms with Crippen LogP contribution in [0.5, 0.6) is 0 Å². The number of carbonyl (C=O) groups is 1. The van der Waals surface area contributed by atoms with Crippen molar-refractivity contribution in [2.45, 2.75) is 44.9 Å². The predicted molar refractivity (Wildman–Crippen MR) is 92.4 cm³/mol. The Balaban J connectivity index is 2.27. The van der Waals surface area contributed by atoms with Crippen LogP contribution in [0.1, 0.15) is 60.9 Å². The van der Waals surface area contributed by atoms with Crippen molar-refractivity contribution in [2.75, 3.05) is 18.1 Å². The molecule has 1 aromatic carbocycles. The minimum absolute atomic E-state index is 0.217. The van der Waals surface area contributed by atoms with Crippen molar-refractivity contribution < 1.29 is 9.53 Å². The number of aromatic nitrogens is 1. The second kappa shape index (κ2) is 6.44. The van der Waals surface area contributed by atoms with Crippen molar-refractivity contribution in [3.05, 3.63) is 29.3 Å². The second-order valence-electron chi connectivity index (χ2n) is 6.08. The number of nitrogens with zero attached hydrogens (tertiary/aromatic N) is 1. The summed E-state index contributed by atoms with van der Waals surface area (Å²) in [5.74, 6) is 0.134. The van der Waals surface area contributed by atoms with Crippen LogP contribution in [0.4, 0.5) is 11.5 Å². The maximum absolute atomic E-state index is 12.5. The van der Waals surface area contributed by atoms with E-state index >= 15 is 0 Å². The van der Waals surface area contributed by atoms with Crippen molar-refractivity contribution >= 4 is 28.4 Å². The summed E-state index contributed by atoms with van der Waals surface area (Å²) in [6, 6.07) is 5.69. The Labute approximate surface area is 136 Å². The zero-order valence-electron chi connectivity index (χ0n) is 13.5. The first-order valence-electron chi connectivity index (χ1n) is 8.28. The molecule has 1 fully saturated rings. The molecule has 0 spiro atoms. The number of fused-ring (bicyclic) bond motifs is 1. The molecule has 0 saturated heterocycles. The second-order valence-corrected chi connectivity index (χ2v) is 6.08. The molecule has 2 aromatic rings. The van der Waals surface area contributed by atoms with E-state index in [0.29, 0.717) is 29.3 Å². The van der Waals surface area contributed by atoms with Crippen molar-refractivity contribution in [3.63, 3.8) is 0 Å². The number of nitrogen functional groups attached to an aromatic ring is 2. The molecule has 23 heavy (non-hydrogen) atoms. The van der Waals surface area contributed by atoms with E-state index in [1.165, 1.54) is 19.3 Å². The fourth-order valence-corrected chi connectivity index (χ4v) is 3.59. The summed E-state index contributed by atoms with van der Waals surface area (Å²) in [5, 5.41) is 0.925. The Kier molecular flexibility index (Phi) is 4.37. The smallest absolute Gasteiger partial charge is 0.342 e. The highest BCUT2D eigenvalue weighted by Gasteiger charge is 2.28. The number of ether oxygens (including phenoxy) is 1. The van der Waals surface area contributed by atoms with Crippen molar-refractivity contribution in [1.29, 1.82) is 0 Å². The molecule has 1 saturated carbocycles. The van der Waals surface area contributed by atoms with E-state index in [1.54, 1.807) is 6.92 Å². The summed E-state index contributed by atoms with van der Waals surface area (Å²) in [6.45, 7) is 2.11. The number of hydrogen-bond donors (Lipinski definition) is 2. The number of esters is 1. The van der Waals surface area contributed by atoms with E-state index in [1.807, 2.05) is 18.2 Å². The van der Waals surface area contributed by atoms with E-state index in [4.69, 9.17) is 16.2 Å². The highest BCUT2D eigenvalue weighted by molar-refractivity contribution is 6.04. The van der Waals surface area contributed by atoms with Gasteiger partial charge in [-0.1, -0.05) is 31.4 Å². The number of nitrogens with two attached hydrogens (primary N) is 2. The molecule has 5 heteroatoms. The van der Waals surface area contributed by atoms with Gasteiger partial charge < -0.3 is 16.2 Å². The van der Waals surface area contributed by atoms with E-state index in [-0.39, 0.29) is 11.8 Å². The molecule has 122 valence electrons. The zero-order valence-corrected chi connectivity index (χ0v) is 13.5. The van der Waals surface area contributed by atoms with Crippen LogP contribution in [0.3, 0.4) is 0 Å². The SMILES string of the molecule is CCOC(=O)c1c(N)nc2c(N)cccc2c1C1CCCCC1. The number of anilines is 2. The van der Waals surface area contributed by atoms with Gasteiger partial charge in [-0.2, -0.15) is 0 Å². The summed E-state index contributed by atoms with van der Waals surface area (Å²) >= 11 is 0. The van der Waals surface area contributed by atoms with Crippen LogP contribution in [0.25, 0.3) is 10.9 Å². The lowest BCUT2D eigenvalue weighted by molar-refractivity contribution is 0.0525. The summed E-state index contributed by atoms with van der Waals surface area (Å²) < 4.78 is 5.23. The van der Waals surface area contributed by atoms with E-state index in [9.17, 15) is 4.79 Å². The van der Waals surface area contributed by atoms with Gasteiger partial charge in [0.05, 0.1) is 17.8 Å². The number of para-hydroxylation sites is 1. The monoisotopic (exact) mass is 313 g/mol. The number of rotatable bonds is 3. The molecule has 3 rings (SSSR count). The largest absolute Gasteiger partial charge is 0.462 e. The van der Waals surface area contributed by atoms with Gasteiger partial charge in [0.15, 0.2) is 0 Å². The van der Waals surface area contributed by atoms with Crippen LogP contribution in [-0.2, 0) is 4.74 Å². The Morgan fingerprint density at radius 3 is 2.70 bits per heavy atom. The van der Waals surface area contributed by atoms with Gasteiger partial charge in [-0.15, -0.1) is 0 Å². The molecule has 0 radical (unpaired) electrons. The standard InChI is InChI=1S/C18H23N3O2/c1-2-23-18(22)15-14(11-7-4-3-5-8-11)12-9-6-10-13(19)16(12)21-17(15)20/h6,9-11H,2-5,7-8,19H2,1H3,(H2,20,21). The molecule has 0 amide bonds. The van der Waals surface area contributed by atoms with Crippen LogP contribution in [0.2, 0.25) is 0 Å². The first-order valence-corrected chi connectivity index (χ1v) is 8.28. The third-order valence-corrected chi connectivity index (χ3v) is 4.61. The molecule has 0 aliphatic heterocycles. The van der Waals surface area contributed by atoms with Gasteiger partial charge >= 0.3 is 5.97 Å². The minimum Gasteiger partial charge on any atom is -0.462 e. The van der Waals surface area contributed by atoms with Gasteiger partial charge in [-0.3, -0.25) is 0 Å². The molecule has 0 atom stereocenters. The minimum atomic E-state index is -0.387. The van der Waals surface area contributed by atoms with E-state index in [0.717, 1.165) is 23.8 Å². The number of hydrogen-bond acceptors (Lipinski definition) is 5. The predicted octanol–water partition coefficient (Wildman–Crippen LogP) is 3.62. The summed E-state index contributed by atoms with van der Waals surface area (Å²) in [6.07, 6.45) is 5.68. The average Bonchev–Trinajstić information content (AvgIpc) is 2.55. The first-order chi connectivity index (χ1) is 11.1. The van der Waals surface area contributed by atoms with Gasteiger partial charge in [0.2, 0.25) is 0 Å². The zero-order chi connectivity index (χ0) is 16.4. The highest BCUT2D eigenvalue weighted by atomic mass is 16.5. The third kappa shape index (κ3) is 2.83. The van der Waals surface area contributed by atoms with Gasteiger partial charge in [-0.05, 0) is 37.3 Å². The Morgan fingerprint density at radius 2 is 2.00 bits per heavy atom. The van der Waals surface area contributed by atoms with Gasteiger partial charge in [0, 0.05) is 5.39 Å². The molecule has 1 aliphatic rings. The lowest BCUT2D eigenvalue weighted by atomic mass is 9.80. The Morgan fingerprint density at radius 1 is 1.26 bits per heavy atom. The van der Waals surface area contributed by atoms with Gasteiger partial charge in [0.1, 0.15) is 11.4 Å². The number of pyridine rings is 1. The lowest BCUT2D eigenvalue weighted by Crippen LogP contribution is -2.17. The van der Waals surface area contributed by atoms with Crippen LogP contribution in [0, 0.1) is 0 Å². The number of benzene rings is 1. The Hall–Kier alpha value is -2.30. The van der Waals surface area contributed by atoms with Crippen LogP contribution >= 0.6 is 0 Å². The molecule has 1 heterocycles. The van der Waals surface area contributed by atoms with Crippen LogP contribution in [0.15, 0.2) is 18.2 Å². The fourth-order valence-electron chi connectivity index (χ4n) is 3.59. The lowest BCUT2D eigenvalue weighted by Gasteiger charge is -2.26. The van der Waals surface area contributed by atoms with E-state index in [2.05, 4.69) is 4.98 Å². The fraction of sp³-hybridized carbons (Fsp3) is 0.444. The summed E-state index contributed by atoms with van der Waals surface area (Å²) in [4.78, 5) is 16.9. The summed E-state index contributed by atoms with van der Waals surface area (Å²) in [5.41, 5.74) is 14.9. The van der Waals surface area contributed by atoms with E-state index < -0.39 is 0 Å².